The highest BCUT2D eigenvalue weighted by Gasteiger charge is 2.02. The van der Waals surface area contributed by atoms with Crippen molar-refractivity contribution in [3.63, 3.8) is 0 Å². The summed E-state index contributed by atoms with van der Waals surface area (Å²) < 4.78 is 1.83. The van der Waals surface area contributed by atoms with Crippen molar-refractivity contribution in [1.82, 2.24) is 9.55 Å². The smallest absolute Gasteiger partial charge is 0.152 e. The van der Waals surface area contributed by atoms with Crippen LogP contribution in [0.1, 0.15) is 15.9 Å². The predicted molar refractivity (Wildman–Crippen MR) is 53.7 cm³/mol. The largest absolute Gasteiger partial charge is 0.306 e. The van der Waals surface area contributed by atoms with Gasteiger partial charge in [0.2, 0.25) is 0 Å². The molecule has 0 spiro atoms. The van der Waals surface area contributed by atoms with Gasteiger partial charge in [-0.15, -0.1) is 0 Å². The number of aldehydes is 1. The van der Waals surface area contributed by atoms with E-state index in [2.05, 4.69) is 4.98 Å². The zero-order chi connectivity index (χ0) is 9.97. The molecule has 1 heterocycles. The van der Waals surface area contributed by atoms with Crippen LogP contribution in [0, 0.1) is 6.92 Å². The molecule has 2 rings (SSSR count). The van der Waals surface area contributed by atoms with Gasteiger partial charge < -0.3 is 4.57 Å². The summed E-state index contributed by atoms with van der Waals surface area (Å²) >= 11 is 0. The quantitative estimate of drug-likeness (QED) is 0.672. The van der Waals surface area contributed by atoms with Crippen LogP contribution in [0.3, 0.4) is 0 Å². The summed E-state index contributed by atoms with van der Waals surface area (Å²) in [7, 11) is 0. The molecular formula is C11H10N2O. The lowest BCUT2D eigenvalue weighted by atomic mass is 10.1. The van der Waals surface area contributed by atoms with Crippen molar-refractivity contribution in [3.05, 3.63) is 48.0 Å². The molecule has 0 N–H and O–H groups in total. The zero-order valence-electron chi connectivity index (χ0n) is 7.84. The zero-order valence-corrected chi connectivity index (χ0v) is 7.84. The monoisotopic (exact) mass is 186 g/mol. The minimum absolute atomic E-state index is 0.675. The lowest BCUT2D eigenvalue weighted by molar-refractivity contribution is 0.112. The Hall–Kier alpha value is -1.90. The number of hydrogen-bond acceptors (Lipinski definition) is 2. The first-order chi connectivity index (χ1) is 6.81. The summed E-state index contributed by atoms with van der Waals surface area (Å²) in [6.07, 6.45) is 6.05. The van der Waals surface area contributed by atoms with E-state index >= 15 is 0 Å². The molecule has 2 aromatic rings. The van der Waals surface area contributed by atoms with Crippen LogP contribution < -0.4 is 0 Å². The molecule has 0 aliphatic carbocycles. The van der Waals surface area contributed by atoms with Crippen molar-refractivity contribution in [2.24, 2.45) is 0 Å². The first kappa shape index (κ1) is 8.69. The van der Waals surface area contributed by atoms with Crippen molar-refractivity contribution in [3.8, 4) is 5.69 Å². The molecule has 0 amide bonds. The minimum Gasteiger partial charge on any atom is -0.306 e. The Morgan fingerprint density at radius 2 is 2.29 bits per heavy atom. The van der Waals surface area contributed by atoms with E-state index in [9.17, 15) is 4.79 Å². The molecule has 1 aromatic carbocycles. The standard InChI is InChI=1S/C11H10N2O/c1-9-2-3-10(7-14)11(6-9)13-5-4-12-8-13/h2-8H,1H3. The summed E-state index contributed by atoms with van der Waals surface area (Å²) in [4.78, 5) is 14.8. The van der Waals surface area contributed by atoms with Gasteiger partial charge in [-0.3, -0.25) is 4.79 Å². The first-order valence-corrected chi connectivity index (χ1v) is 4.35. The number of carbonyl (C=O) groups excluding carboxylic acids is 1. The van der Waals surface area contributed by atoms with Gasteiger partial charge in [-0.1, -0.05) is 6.07 Å². The third-order valence-corrected chi connectivity index (χ3v) is 2.10. The number of imidazole rings is 1. The second-order valence-electron chi connectivity index (χ2n) is 3.15. The second-order valence-corrected chi connectivity index (χ2v) is 3.15. The van der Waals surface area contributed by atoms with Gasteiger partial charge in [0.05, 0.1) is 12.0 Å². The van der Waals surface area contributed by atoms with E-state index in [4.69, 9.17) is 0 Å². The van der Waals surface area contributed by atoms with Crippen molar-refractivity contribution in [1.29, 1.82) is 0 Å². The van der Waals surface area contributed by atoms with E-state index in [1.54, 1.807) is 12.5 Å². The Morgan fingerprint density at radius 3 is 2.93 bits per heavy atom. The van der Waals surface area contributed by atoms with E-state index in [1.165, 1.54) is 0 Å². The van der Waals surface area contributed by atoms with E-state index in [1.807, 2.05) is 35.9 Å². The number of aryl methyl sites for hydroxylation is 1. The fourth-order valence-electron chi connectivity index (χ4n) is 1.38. The Kier molecular flexibility index (Phi) is 2.14. The number of benzene rings is 1. The van der Waals surface area contributed by atoms with Gasteiger partial charge in [0, 0.05) is 18.0 Å². The van der Waals surface area contributed by atoms with Crippen LogP contribution in [0.25, 0.3) is 5.69 Å². The highest BCUT2D eigenvalue weighted by Crippen LogP contribution is 2.14. The van der Waals surface area contributed by atoms with Crippen LogP contribution in [0.2, 0.25) is 0 Å². The summed E-state index contributed by atoms with van der Waals surface area (Å²) in [5.74, 6) is 0. The lowest BCUT2D eigenvalue weighted by Crippen LogP contribution is -1.96. The van der Waals surface area contributed by atoms with Crippen LogP contribution in [-0.4, -0.2) is 15.8 Å². The van der Waals surface area contributed by atoms with Crippen LogP contribution in [0.4, 0.5) is 0 Å². The fourth-order valence-corrected chi connectivity index (χ4v) is 1.38. The summed E-state index contributed by atoms with van der Waals surface area (Å²) in [5.41, 5.74) is 2.67. The van der Waals surface area contributed by atoms with Crippen LogP contribution >= 0.6 is 0 Å². The maximum Gasteiger partial charge on any atom is 0.152 e. The molecule has 0 aliphatic heterocycles. The molecule has 0 fully saturated rings. The van der Waals surface area contributed by atoms with Crippen LogP contribution in [0.15, 0.2) is 36.9 Å². The van der Waals surface area contributed by atoms with E-state index in [0.29, 0.717) is 5.56 Å². The average molecular weight is 186 g/mol. The summed E-state index contributed by atoms with van der Waals surface area (Å²) in [6.45, 7) is 2.00. The molecular weight excluding hydrogens is 176 g/mol. The molecule has 0 unspecified atom stereocenters. The maximum atomic E-state index is 10.8. The SMILES string of the molecule is Cc1ccc(C=O)c(-n2ccnc2)c1. The number of rotatable bonds is 2. The van der Waals surface area contributed by atoms with Gasteiger partial charge in [-0.25, -0.2) is 4.98 Å². The topological polar surface area (TPSA) is 34.9 Å². The van der Waals surface area contributed by atoms with E-state index < -0.39 is 0 Å². The Bertz CT molecular complexity index is 446. The van der Waals surface area contributed by atoms with Crippen molar-refractivity contribution >= 4 is 6.29 Å². The minimum atomic E-state index is 0.675. The third-order valence-electron chi connectivity index (χ3n) is 2.10. The molecule has 3 heteroatoms. The number of aromatic nitrogens is 2. The van der Waals surface area contributed by atoms with Crippen molar-refractivity contribution in [2.75, 3.05) is 0 Å². The predicted octanol–water partition coefficient (Wildman–Crippen LogP) is 1.99. The second kappa shape index (κ2) is 3.46. The fraction of sp³-hybridized carbons (Fsp3) is 0.0909. The molecule has 0 aliphatic rings. The Labute approximate surface area is 82.0 Å². The molecule has 1 aromatic heterocycles. The molecule has 0 saturated carbocycles. The number of hydrogen-bond donors (Lipinski definition) is 0. The Morgan fingerprint density at radius 1 is 1.43 bits per heavy atom. The molecule has 0 atom stereocenters. The average Bonchev–Trinajstić information content (AvgIpc) is 2.70. The molecule has 0 radical (unpaired) electrons. The first-order valence-electron chi connectivity index (χ1n) is 4.35. The summed E-state index contributed by atoms with van der Waals surface area (Å²) in [5, 5.41) is 0. The van der Waals surface area contributed by atoms with E-state index in [0.717, 1.165) is 17.5 Å². The third kappa shape index (κ3) is 1.44. The number of nitrogens with zero attached hydrogens (tertiary/aromatic N) is 2. The molecule has 70 valence electrons. The number of carbonyl (C=O) groups is 1. The van der Waals surface area contributed by atoms with Gasteiger partial charge in [-0.2, -0.15) is 0 Å². The van der Waals surface area contributed by atoms with Gasteiger partial charge >= 0.3 is 0 Å². The highest BCUT2D eigenvalue weighted by atomic mass is 16.1. The van der Waals surface area contributed by atoms with Crippen molar-refractivity contribution in [2.45, 2.75) is 6.92 Å². The normalized spacial score (nSPS) is 10.1. The molecule has 0 bridgehead atoms. The molecule has 3 nitrogen and oxygen atoms in total. The molecule has 0 saturated heterocycles. The Balaban J connectivity index is 2.61. The molecule has 14 heavy (non-hydrogen) atoms. The maximum absolute atomic E-state index is 10.8. The van der Waals surface area contributed by atoms with Gasteiger partial charge in [0.25, 0.3) is 0 Å². The van der Waals surface area contributed by atoms with Crippen LogP contribution in [0.5, 0.6) is 0 Å². The van der Waals surface area contributed by atoms with Crippen LogP contribution in [-0.2, 0) is 0 Å². The van der Waals surface area contributed by atoms with Gasteiger partial charge in [-0.05, 0) is 24.6 Å². The summed E-state index contributed by atoms with van der Waals surface area (Å²) in [6, 6.07) is 5.70. The van der Waals surface area contributed by atoms with Gasteiger partial charge in [0.1, 0.15) is 0 Å². The van der Waals surface area contributed by atoms with E-state index in [-0.39, 0.29) is 0 Å². The highest BCUT2D eigenvalue weighted by molar-refractivity contribution is 5.81. The van der Waals surface area contributed by atoms with Crippen molar-refractivity contribution < 1.29 is 4.79 Å². The lowest BCUT2D eigenvalue weighted by Gasteiger charge is -2.06. The van der Waals surface area contributed by atoms with Gasteiger partial charge in [0.15, 0.2) is 6.29 Å².